The predicted molar refractivity (Wildman–Crippen MR) is 131 cm³/mol. The number of benzene rings is 3. The highest BCUT2D eigenvalue weighted by Gasteiger charge is 2.41. The molecule has 3 aromatic carbocycles. The van der Waals surface area contributed by atoms with Gasteiger partial charge in [-0.25, -0.2) is 4.90 Å². The molecular weight excluding hydrogens is 443 g/mol. The molecule has 0 unspecified atom stereocenters. The van der Waals surface area contributed by atoms with Crippen LogP contribution in [-0.4, -0.2) is 11.8 Å². The Morgan fingerprint density at radius 2 is 1.38 bits per heavy atom. The van der Waals surface area contributed by atoms with E-state index in [0.717, 1.165) is 27.8 Å². The van der Waals surface area contributed by atoms with Gasteiger partial charge in [0.25, 0.3) is 11.8 Å². The van der Waals surface area contributed by atoms with E-state index in [4.69, 9.17) is 23.2 Å². The molecule has 0 radical (unpaired) electrons. The molecule has 4 nitrogen and oxygen atoms in total. The monoisotopic (exact) mass is 464 g/mol. The van der Waals surface area contributed by atoms with E-state index in [2.05, 4.69) is 5.32 Å². The van der Waals surface area contributed by atoms with E-state index in [-0.39, 0.29) is 11.6 Å². The fourth-order valence-electron chi connectivity index (χ4n) is 3.98. The van der Waals surface area contributed by atoms with Gasteiger partial charge in [0.2, 0.25) is 0 Å². The number of nitrogens with zero attached hydrogens (tertiary/aromatic N) is 1. The van der Waals surface area contributed by atoms with Gasteiger partial charge in [-0.3, -0.25) is 9.59 Å². The van der Waals surface area contributed by atoms with Crippen LogP contribution in [0.4, 0.5) is 11.4 Å². The molecule has 3 aromatic rings. The zero-order chi connectivity index (χ0) is 23.2. The van der Waals surface area contributed by atoms with Crippen molar-refractivity contribution < 1.29 is 9.59 Å². The maximum atomic E-state index is 13.7. The van der Waals surface area contributed by atoms with Crippen LogP contribution in [0, 0.1) is 27.7 Å². The van der Waals surface area contributed by atoms with Gasteiger partial charge in [-0.15, -0.1) is 0 Å². The van der Waals surface area contributed by atoms with Crippen LogP contribution in [0.5, 0.6) is 0 Å². The third kappa shape index (κ3) is 3.92. The molecule has 6 heteroatoms. The molecular formula is C26H22Cl2N2O2. The number of imide groups is 1. The Balaban J connectivity index is 1.89. The van der Waals surface area contributed by atoms with Crippen LogP contribution < -0.4 is 10.2 Å². The quantitative estimate of drug-likeness (QED) is 0.441. The number of nitrogens with one attached hydrogen (secondary N) is 1. The highest BCUT2D eigenvalue weighted by Crippen LogP contribution is 2.37. The largest absolute Gasteiger partial charge is 0.350 e. The van der Waals surface area contributed by atoms with Crippen LogP contribution in [0.15, 0.2) is 60.3 Å². The third-order valence-corrected chi connectivity index (χ3v) is 6.05. The van der Waals surface area contributed by atoms with Gasteiger partial charge in [-0.2, -0.15) is 0 Å². The van der Waals surface area contributed by atoms with Gasteiger partial charge in [0, 0.05) is 15.7 Å². The van der Waals surface area contributed by atoms with Crippen LogP contribution in [-0.2, 0) is 9.59 Å². The highest BCUT2D eigenvalue weighted by molar-refractivity contribution is 6.46. The van der Waals surface area contributed by atoms with E-state index in [1.54, 1.807) is 30.3 Å². The molecule has 1 heterocycles. The summed E-state index contributed by atoms with van der Waals surface area (Å²) in [6.45, 7) is 7.65. The van der Waals surface area contributed by atoms with Crippen molar-refractivity contribution in [1.29, 1.82) is 0 Å². The summed E-state index contributed by atoms with van der Waals surface area (Å²) >= 11 is 12.2. The second-order valence-corrected chi connectivity index (χ2v) is 8.90. The number of halogens is 2. The van der Waals surface area contributed by atoms with E-state index >= 15 is 0 Å². The molecule has 0 saturated heterocycles. The van der Waals surface area contributed by atoms with Crippen LogP contribution in [0.1, 0.15) is 27.8 Å². The summed E-state index contributed by atoms with van der Waals surface area (Å²) in [4.78, 5) is 28.5. The summed E-state index contributed by atoms with van der Waals surface area (Å²) in [6.07, 6.45) is 0. The highest BCUT2D eigenvalue weighted by atomic mass is 35.5. The molecule has 0 spiro atoms. The van der Waals surface area contributed by atoms with E-state index in [1.807, 2.05) is 52.0 Å². The van der Waals surface area contributed by atoms with Crippen molar-refractivity contribution >= 4 is 52.0 Å². The molecule has 0 bridgehead atoms. The van der Waals surface area contributed by atoms with Crippen molar-refractivity contribution in [1.82, 2.24) is 0 Å². The second-order valence-electron chi connectivity index (χ2n) is 8.03. The molecule has 32 heavy (non-hydrogen) atoms. The Bertz CT molecular complexity index is 1310. The first-order valence-corrected chi connectivity index (χ1v) is 10.9. The van der Waals surface area contributed by atoms with Gasteiger partial charge in [0.05, 0.1) is 11.3 Å². The fraction of sp³-hybridized carbons (Fsp3) is 0.154. The summed E-state index contributed by atoms with van der Waals surface area (Å²) in [5.74, 6) is -0.786. The van der Waals surface area contributed by atoms with Gasteiger partial charge in [0.15, 0.2) is 0 Å². The predicted octanol–water partition coefficient (Wildman–Crippen LogP) is 6.62. The molecule has 1 aliphatic rings. The van der Waals surface area contributed by atoms with E-state index in [9.17, 15) is 9.59 Å². The molecule has 4 rings (SSSR count). The standard InChI is InChI=1S/C26H22Cl2N2O2/c1-14-5-8-20(15(2)11-14)23-24(29-21-9-6-18(27)12-16(21)3)26(32)30(25(23)31)22-10-7-19(28)13-17(22)4/h5-13,29H,1-4H3. The first-order valence-electron chi connectivity index (χ1n) is 10.2. The van der Waals surface area contributed by atoms with Gasteiger partial charge >= 0.3 is 0 Å². The van der Waals surface area contributed by atoms with Gasteiger partial charge in [0.1, 0.15) is 5.70 Å². The van der Waals surface area contributed by atoms with Crippen molar-refractivity contribution in [2.45, 2.75) is 27.7 Å². The average molecular weight is 465 g/mol. The van der Waals surface area contributed by atoms with Gasteiger partial charge < -0.3 is 5.32 Å². The Kier molecular flexibility index (Phi) is 5.85. The van der Waals surface area contributed by atoms with Crippen molar-refractivity contribution in [2.24, 2.45) is 0 Å². The number of rotatable bonds is 4. The summed E-state index contributed by atoms with van der Waals surface area (Å²) in [6, 6.07) is 16.3. The summed E-state index contributed by atoms with van der Waals surface area (Å²) in [5.41, 5.74) is 6.13. The molecule has 1 aliphatic heterocycles. The van der Waals surface area contributed by atoms with Crippen molar-refractivity contribution in [3.63, 3.8) is 0 Å². The number of anilines is 2. The molecule has 2 amide bonds. The average Bonchev–Trinajstić information content (AvgIpc) is 2.94. The van der Waals surface area contributed by atoms with Crippen molar-refractivity contribution in [2.75, 3.05) is 10.2 Å². The summed E-state index contributed by atoms with van der Waals surface area (Å²) in [7, 11) is 0. The molecule has 0 saturated carbocycles. The number of amides is 2. The topological polar surface area (TPSA) is 49.4 Å². The van der Waals surface area contributed by atoms with Crippen LogP contribution in [0.3, 0.4) is 0 Å². The SMILES string of the molecule is Cc1ccc(C2=C(Nc3ccc(Cl)cc3C)C(=O)N(c3ccc(Cl)cc3C)C2=O)c(C)c1. The minimum atomic E-state index is -0.412. The smallest absolute Gasteiger partial charge is 0.282 e. The third-order valence-electron chi connectivity index (χ3n) is 5.58. The minimum Gasteiger partial charge on any atom is -0.350 e. The lowest BCUT2D eigenvalue weighted by Gasteiger charge is -2.18. The van der Waals surface area contributed by atoms with E-state index in [0.29, 0.717) is 27.0 Å². The lowest BCUT2D eigenvalue weighted by molar-refractivity contribution is -0.120. The van der Waals surface area contributed by atoms with E-state index < -0.39 is 5.91 Å². The zero-order valence-electron chi connectivity index (χ0n) is 18.2. The van der Waals surface area contributed by atoms with Crippen molar-refractivity contribution in [3.8, 4) is 0 Å². The van der Waals surface area contributed by atoms with Gasteiger partial charge in [-0.1, -0.05) is 47.0 Å². The van der Waals surface area contributed by atoms with E-state index in [1.165, 1.54) is 4.90 Å². The Hall–Kier alpha value is -3.08. The van der Waals surface area contributed by atoms with Gasteiger partial charge in [-0.05, 0) is 86.3 Å². The number of aryl methyl sites for hydroxylation is 4. The molecule has 0 fully saturated rings. The number of hydrogen-bond donors (Lipinski definition) is 1. The number of hydrogen-bond acceptors (Lipinski definition) is 3. The summed E-state index contributed by atoms with van der Waals surface area (Å²) in [5, 5.41) is 4.37. The van der Waals surface area contributed by atoms with Crippen LogP contribution >= 0.6 is 23.2 Å². The molecule has 0 atom stereocenters. The Labute approximate surface area is 197 Å². The first kappa shape index (κ1) is 22.1. The molecule has 1 N–H and O–H groups in total. The first-order chi connectivity index (χ1) is 15.2. The molecule has 0 aromatic heterocycles. The lowest BCUT2D eigenvalue weighted by Crippen LogP contribution is -2.33. The van der Waals surface area contributed by atoms with Crippen molar-refractivity contribution in [3.05, 3.63) is 98.2 Å². The molecule has 0 aliphatic carbocycles. The Morgan fingerprint density at radius 1 is 0.719 bits per heavy atom. The minimum absolute atomic E-state index is 0.238. The lowest BCUT2D eigenvalue weighted by atomic mass is 9.97. The second kappa shape index (κ2) is 8.45. The fourth-order valence-corrected chi connectivity index (χ4v) is 4.43. The maximum Gasteiger partial charge on any atom is 0.282 e. The number of carbonyl (C=O) groups excluding carboxylic acids is 2. The van der Waals surface area contributed by atoms with Crippen LogP contribution in [0.25, 0.3) is 5.57 Å². The molecule has 162 valence electrons. The normalized spacial score (nSPS) is 13.9. The Morgan fingerprint density at radius 3 is 2.00 bits per heavy atom. The maximum absolute atomic E-state index is 13.7. The number of carbonyl (C=O) groups is 2. The van der Waals surface area contributed by atoms with Crippen LogP contribution in [0.2, 0.25) is 10.0 Å². The summed E-state index contributed by atoms with van der Waals surface area (Å²) < 4.78 is 0. The zero-order valence-corrected chi connectivity index (χ0v) is 19.7.